The zero-order chi connectivity index (χ0) is 25.4. The van der Waals surface area contributed by atoms with Crippen LogP contribution in [0.5, 0.6) is 0 Å². The van der Waals surface area contributed by atoms with Crippen LogP contribution >= 0.6 is 0 Å². The lowest BCUT2D eigenvalue weighted by Crippen LogP contribution is -2.44. The number of anilines is 1. The Labute approximate surface area is 213 Å². The minimum Gasteiger partial charge on any atom is -0.345 e. The number of rotatable bonds is 6. The number of Topliss-reactive ketones (excluding diaryl/α,β-unsaturated/α-hetero) is 1. The van der Waals surface area contributed by atoms with Gasteiger partial charge >= 0.3 is 0 Å². The van der Waals surface area contributed by atoms with E-state index < -0.39 is 0 Å². The van der Waals surface area contributed by atoms with Gasteiger partial charge in [-0.2, -0.15) is 0 Å². The van der Waals surface area contributed by atoms with Gasteiger partial charge in [-0.1, -0.05) is 31.2 Å². The van der Waals surface area contributed by atoms with Crippen LogP contribution in [-0.2, 0) is 16.0 Å². The molecule has 0 spiro atoms. The van der Waals surface area contributed by atoms with E-state index in [9.17, 15) is 14.4 Å². The van der Waals surface area contributed by atoms with Crippen LogP contribution in [-0.4, -0.2) is 41.6 Å². The number of benzene rings is 1. The number of pyridine rings is 1. The van der Waals surface area contributed by atoms with Crippen molar-refractivity contribution in [3.8, 4) is 0 Å². The molecule has 0 aliphatic heterocycles. The number of hydrogen-bond acceptors (Lipinski definition) is 4. The van der Waals surface area contributed by atoms with Crippen molar-refractivity contribution in [2.45, 2.75) is 64.2 Å². The summed E-state index contributed by atoms with van der Waals surface area (Å²) < 4.78 is 0. The Morgan fingerprint density at radius 1 is 1.14 bits per heavy atom. The van der Waals surface area contributed by atoms with Gasteiger partial charge in [0.05, 0.1) is 5.56 Å². The summed E-state index contributed by atoms with van der Waals surface area (Å²) in [6.45, 7) is 2.22. The molecule has 190 valence electrons. The van der Waals surface area contributed by atoms with Gasteiger partial charge in [-0.3, -0.25) is 14.4 Å². The minimum atomic E-state index is -0.198. The summed E-state index contributed by atoms with van der Waals surface area (Å²) in [5, 5.41) is 2.85. The molecule has 6 nitrogen and oxygen atoms in total. The Morgan fingerprint density at radius 3 is 2.69 bits per heavy atom. The van der Waals surface area contributed by atoms with Crippen molar-refractivity contribution in [3.63, 3.8) is 0 Å². The topological polar surface area (TPSA) is 79.4 Å². The smallest absolute Gasteiger partial charge is 0.254 e. The fraction of sp³-hybridized carbons (Fsp3) is 0.533. The highest BCUT2D eigenvalue weighted by atomic mass is 16.2. The van der Waals surface area contributed by atoms with E-state index in [2.05, 4.69) is 41.5 Å². The molecule has 1 heterocycles. The molecule has 2 aromatic rings. The van der Waals surface area contributed by atoms with Crippen molar-refractivity contribution >= 4 is 23.4 Å². The second-order valence-corrected chi connectivity index (χ2v) is 11.4. The van der Waals surface area contributed by atoms with Gasteiger partial charge in [-0.25, -0.2) is 4.98 Å². The second-order valence-electron chi connectivity index (χ2n) is 11.4. The van der Waals surface area contributed by atoms with Crippen LogP contribution < -0.4 is 5.32 Å². The molecule has 5 rings (SSSR count). The SMILES string of the molecule is CN(C)C(=O)c1ccc(NC(=O)CCC[C@@H]2CC(=O)[C@@]3(C)CCC4c5ccccc5CCC4C23)nc1. The molecule has 1 aromatic carbocycles. The van der Waals surface area contributed by atoms with Gasteiger partial charge in [-0.15, -0.1) is 0 Å². The first-order chi connectivity index (χ1) is 17.3. The Kier molecular flexibility index (Phi) is 6.71. The summed E-state index contributed by atoms with van der Waals surface area (Å²) in [6.07, 6.45) is 8.62. The zero-order valence-corrected chi connectivity index (χ0v) is 21.6. The molecule has 3 aliphatic rings. The average molecular weight is 488 g/mol. The molecular formula is C30H37N3O3. The van der Waals surface area contributed by atoms with Crippen LogP contribution in [0.25, 0.3) is 0 Å². The maximum Gasteiger partial charge on any atom is 0.254 e. The van der Waals surface area contributed by atoms with Crippen LogP contribution in [0, 0.1) is 23.2 Å². The van der Waals surface area contributed by atoms with E-state index in [1.165, 1.54) is 28.6 Å². The Morgan fingerprint density at radius 2 is 1.94 bits per heavy atom. The second kappa shape index (κ2) is 9.79. The van der Waals surface area contributed by atoms with Crippen LogP contribution in [0.3, 0.4) is 0 Å². The maximum absolute atomic E-state index is 13.2. The van der Waals surface area contributed by atoms with E-state index in [4.69, 9.17) is 0 Å². The molecule has 2 saturated carbocycles. The van der Waals surface area contributed by atoms with E-state index in [1.54, 1.807) is 26.2 Å². The summed E-state index contributed by atoms with van der Waals surface area (Å²) in [5.41, 5.74) is 3.30. The molecule has 0 bridgehead atoms. The van der Waals surface area contributed by atoms with Gasteiger partial charge in [0, 0.05) is 38.5 Å². The third kappa shape index (κ3) is 4.46. The Balaban J connectivity index is 1.20. The quantitative estimate of drug-likeness (QED) is 0.604. The lowest BCUT2D eigenvalue weighted by Gasteiger charge is -2.50. The van der Waals surface area contributed by atoms with Gasteiger partial charge in [-0.05, 0) is 85.5 Å². The number of nitrogens with one attached hydrogen (secondary N) is 1. The predicted octanol–water partition coefficient (Wildman–Crippen LogP) is 5.24. The van der Waals surface area contributed by atoms with Gasteiger partial charge in [0.2, 0.25) is 5.91 Å². The number of amides is 2. The van der Waals surface area contributed by atoms with Crippen molar-refractivity contribution in [2.75, 3.05) is 19.4 Å². The number of fused-ring (bicyclic) bond motifs is 5. The van der Waals surface area contributed by atoms with Crippen LogP contribution in [0.1, 0.15) is 79.3 Å². The molecule has 5 atom stereocenters. The number of carbonyl (C=O) groups excluding carboxylic acids is 3. The summed E-state index contributed by atoms with van der Waals surface area (Å²) in [7, 11) is 3.39. The lowest BCUT2D eigenvalue weighted by molar-refractivity contribution is -0.129. The average Bonchev–Trinajstić information content (AvgIpc) is 3.13. The Bertz CT molecular complexity index is 1160. The fourth-order valence-corrected chi connectivity index (χ4v) is 7.43. The molecule has 1 aromatic heterocycles. The summed E-state index contributed by atoms with van der Waals surface area (Å²) in [6, 6.07) is 12.2. The third-order valence-corrected chi connectivity index (χ3v) is 9.15. The number of nitrogens with zero attached hydrogens (tertiary/aromatic N) is 2. The molecule has 1 N–H and O–H groups in total. The molecule has 36 heavy (non-hydrogen) atoms. The normalized spacial score (nSPS) is 28.6. The minimum absolute atomic E-state index is 0.0746. The van der Waals surface area contributed by atoms with Gasteiger partial charge < -0.3 is 10.2 Å². The molecule has 0 radical (unpaired) electrons. The van der Waals surface area contributed by atoms with Crippen molar-refractivity contribution in [1.82, 2.24) is 9.88 Å². The fourth-order valence-electron chi connectivity index (χ4n) is 7.43. The van der Waals surface area contributed by atoms with E-state index in [0.29, 0.717) is 53.7 Å². The molecule has 2 amide bonds. The number of aromatic nitrogens is 1. The van der Waals surface area contributed by atoms with Crippen molar-refractivity contribution < 1.29 is 14.4 Å². The summed E-state index contributed by atoms with van der Waals surface area (Å²) in [4.78, 5) is 43.5. The molecule has 2 fully saturated rings. The van der Waals surface area contributed by atoms with E-state index in [1.807, 2.05) is 0 Å². The van der Waals surface area contributed by atoms with Crippen LogP contribution in [0.15, 0.2) is 42.6 Å². The van der Waals surface area contributed by atoms with Crippen LogP contribution in [0.2, 0.25) is 0 Å². The highest BCUT2D eigenvalue weighted by Crippen LogP contribution is 2.62. The first-order valence-corrected chi connectivity index (χ1v) is 13.4. The highest BCUT2D eigenvalue weighted by molar-refractivity contribution is 5.94. The summed E-state index contributed by atoms with van der Waals surface area (Å²) >= 11 is 0. The molecule has 0 saturated heterocycles. The first kappa shape index (κ1) is 24.7. The Hall–Kier alpha value is -3.02. The van der Waals surface area contributed by atoms with Gasteiger partial charge in [0.25, 0.3) is 5.91 Å². The molecule has 6 heteroatoms. The van der Waals surface area contributed by atoms with Crippen LogP contribution in [0.4, 0.5) is 5.82 Å². The predicted molar refractivity (Wildman–Crippen MR) is 140 cm³/mol. The zero-order valence-electron chi connectivity index (χ0n) is 21.6. The van der Waals surface area contributed by atoms with Crippen molar-refractivity contribution in [1.29, 1.82) is 0 Å². The number of aryl methyl sites for hydroxylation is 1. The molecular weight excluding hydrogens is 450 g/mol. The van der Waals surface area contributed by atoms with Crippen molar-refractivity contribution in [2.24, 2.45) is 23.2 Å². The van der Waals surface area contributed by atoms with Gasteiger partial charge in [0.15, 0.2) is 0 Å². The standard InChI is InChI=1S/C30H37N3O3/c1-30-16-15-23-22-9-5-4-7-19(22)11-13-24(23)28(30)20(17-25(30)34)8-6-10-27(35)32-26-14-12-21(18-31-26)29(36)33(2)3/h4-5,7,9,12,14,18,20,23-24,28H,6,8,10-11,13,15-17H2,1-3H3,(H,31,32,35)/t20-,23?,24?,28?,30-/m1/s1. The largest absolute Gasteiger partial charge is 0.345 e. The lowest BCUT2D eigenvalue weighted by atomic mass is 9.54. The van der Waals surface area contributed by atoms with Crippen molar-refractivity contribution in [3.05, 3.63) is 59.3 Å². The monoisotopic (exact) mass is 487 g/mol. The highest BCUT2D eigenvalue weighted by Gasteiger charge is 2.58. The molecule has 3 unspecified atom stereocenters. The number of ketones is 1. The third-order valence-electron chi connectivity index (χ3n) is 9.15. The first-order valence-electron chi connectivity index (χ1n) is 13.4. The van der Waals surface area contributed by atoms with E-state index in [-0.39, 0.29) is 17.2 Å². The van der Waals surface area contributed by atoms with Gasteiger partial charge in [0.1, 0.15) is 11.6 Å². The number of hydrogen-bond donors (Lipinski definition) is 1. The number of carbonyl (C=O) groups is 3. The molecule has 3 aliphatic carbocycles. The maximum atomic E-state index is 13.2. The summed E-state index contributed by atoms with van der Waals surface area (Å²) in [5.74, 6) is 2.62. The van der Waals surface area contributed by atoms with E-state index >= 15 is 0 Å². The van der Waals surface area contributed by atoms with E-state index in [0.717, 1.165) is 32.1 Å².